The molecule has 0 amide bonds. The van der Waals surface area contributed by atoms with Crippen molar-refractivity contribution in [3.8, 4) is 0 Å². The summed E-state index contributed by atoms with van der Waals surface area (Å²) in [5.41, 5.74) is -0.808. The molecule has 1 atom stereocenters. The molecule has 1 rings (SSSR count). The van der Waals surface area contributed by atoms with Gasteiger partial charge in [0, 0.05) is 11.6 Å². The number of hydrogen-bond donors (Lipinski definition) is 0. The minimum absolute atomic E-state index is 0.310. The maximum Gasteiger partial charge on any atom is 0.395 e. The lowest BCUT2D eigenvalue weighted by atomic mass is 9.99. The van der Waals surface area contributed by atoms with Crippen molar-refractivity contribution in [1.29, 1.82) is 0 Å². The Hall–Kier alpha value is -1.59. The standard InChI is InChI=1S/C9H8F3NO2.C4H10/c1-6(9(10,11)12)7-4-2-3-5-8(7)13(14)15;1-4(2)3/h2-6H,1H3;4H,1-3H3. The predicted octanol–water partition coefficient (Wildman–Crippen LogP) is 4.92. The average molecular weight is 277 g/mol. The first kappa shape index (κ1) is 17.4. The van der Waals surface area contributed by atoms with Crippen LogP contribution in [0.2, 0.25) is 0 Å². The van der Waals surface area contributed by atoms with Gasteiger partial charge in [-0.2, -0.15) is 13.2 Å². The van der Waals surface area contributed by atoms with Gasteiger partial charge >= 0.3 is 6.18 Å². The molecule has 108 valence electrons. The Balaban J connectivity index is 0.000000711. The molecule has 0 N–H and O–H groups in total. The third-order valence-corrected chi connectivity index (χ3v) is 2.09. The summed E-state index contributed by atoms with van der Waals surface area (Å²) in [6.07, 6.45) is -4.47. The third kappa shape index (κ3) is 6.22. The van der Waals surface area contributed by atoms with Gasteiger partial charge in [-0.25, -0.2) is 0 Å². The van der Waals surface area contributed by atoms with E-state index in [9.17, 15) is 23.3 Å². The van der Waals surface area contributed by atoms with Crippen LogP contribution in [0.4, 0.5) is 18.9 Å². The maximum atomic E-state index is 12.4. The number of nitrogens with zero attached hydrogens (tertiary/aromatic N) is 1. The fourth-order valence-corrected chi connectivity index (χ4v) is 1.20. The molecule has 0 bridgehead atoms. The molecule has 0 aliphatic rings. The van der Waals surface area contributed by atoms with E-state index in [0.29, 0.717) is 0 Å². The predicted molar refractivity (Wildman–Crippen MR) is 68.1 cm³/mol. The Bertz CT molecular complexity index is 414. The molecule has 19 heavy (non-hydrogen) atoms. The molecule has 0 aliphatic carbocycles. The Morgan fingerprint density at radius 3 is 1.89 bits per heavy atom. The molecule has 3 nitrogen and oxygen atoms in total. The second-order valence-electron chi connectivity index (χ2n) is 4.81. The minimum Gasteiger partial charge on any atom is -0.258 e. The van der Waals surface area contributed by atoms with Crippen LogP contribution in [0.5, 0.6) is 0 Å². The van der Waals surface area contributed by atoms with Crippen LogP contribution in [0.15, 0.2) is 24.3 Å². The van der Waals surface area contributed by atoms with E-state index < -0.39 is 22.7 Å². The van der Waals surface area contributed by atoms with Gasteiger partial charge in [-0.1, -0.05) is 39.0 Å². The number of alkyl halides is 3. The molecule has 1 aromatic carbocycles. The van der Waals surface area contributed by atoms with Crippen molar-refractivity contribution in [3.05, 3.63) is 39.9 Å². The lowest BCUT2D eigenvalue weighted by molar-refractivity contribution is -0.386. The summed E-state index contributed by atoms with van der Waals surface area (Å²) in [5.74, 6) is -1.00. The zero-order valence-corrected chi connectivity index (χ0v) is 11.4. The van der Waals surface area contributed by atoms with Crippen LogP contribution < -0.4 is 0 Å². The van der Waals surface area contributed by atoms with Crippen molar-refractivity contribution in [3.63, 3.8) is 0 Å². The molecule has 0 heterocycles. The molecule has 0 aliphatic heterocycles. The van der Waals surface area contributed by atoms with Crippen LogP contribution in [-0.4, -0.2) is 11.1 Å². The SMILES string of the molecule is CC(C)C.CC(c1ccccc1[N+](=O)[O-])C(F)(F)F. The summed E-state index contributed by atoms with van der Waals surface area (Å²) in [6, 6.07) is 4.88. The summed E-state index contributed by atoms with van der Waals surface area (Å²) in [7, 11) is 0. The molecule has 1 unspecified atom stereocenters. The van der Waals surface area contributed by atoms with Crippen LogP contribution in [0, 0.1) is 16.0 Å². The molecule has 0 spiro atoms. The van der Waals surface area contributed by atoms with Gasteiger partial charge in [-0.15, -0.1) is 0 Å². The van der Waals surface area contributed by atoms with Crippen molar-refractivity contribution in [1.82, 2.24) is 0 Å². The van der Waals surface area contributed by atoms with E-state index >= 15 is 0 Å². The van der Waals surface area contributed by atoms with E-state index in [2.05, 4.69) is 20.8 Å². The summed E-state index contributed by atoms with van der Waals surface area (Å²) in [5, 5.41) is 10.5. The third-order valence-electron chi connectivity index (χ3n) is 2.09. The van der Waals surface area contributed by atoms with Crippen LogP contribution >= 0.6 is 0 Å². The largest absolute Gasteiger partial charge is 0.395 e. The Morgan fingerprint density at radius 2 is 1.53 bits per heavy atom. The Morgan fingerprint density at radius 1 is 1.11 bits per heavy atom. The molecule has 0 saturated heterocycles. The number of halogens is 3. The van der Waals surface area contributed by atoms with E-state index in [1.54, 1.807) is 0 Å². The smallest absolute Gasteiger partial charge is 0.258 e. The van der Waals surface area contributed by atoms with Crippen LogP contribution in [0.1, 0.15) is 39.2 Å². The van der Waals surface area contributed by atoms with Gasteiger partial charge in [0.1, 0.15) is 0 Å². The van der Waals surface area contributed by atoms with Crippen molar-refractivity contribution in [2.24, 2.45) is 5.92 Å². The highest BCUT2D eigenvalue weighted by molar-refractivity contribution is 5.42. The molecule has 1 aromatic rings. The second kappa shape index (κ2) is 7.11. The van der Waals surface area contributed by atoms with E-state index in [4.69, 9.17) is 0 Å². The monoisotopic (exact) mass is 277 g/mol. The normalized spacial score (nSPS) is 12.6. The van der Waals surface area contributed by atoms with Gasteiger partial charge < -0.3 is 0 Å². The van der Waals surface area contributed by atoms with Crippen molar-refractivity contribution >= 4 is 5.69 Å². The topological polar surface area (TPSA) is 43.1 Å². The summed E-state index contributed by atoms with van der Waals surface area (Å²) < 4.78 is 37.1. The second-order valence-corrected chi connectivity index (χ2v) is 4.81. The Labute approximate surface area is 110 Å². The summed E-state index contributed by atoms with van der Waals surface area (Å²) in [4.78, 5) is 9.68. The van der Waals surface area contributed by atoms with E-state index in [1.165, 1.54) is 12.1 Å². The van der Waals surface area contributed by atoms with Crippen molar-refractivity contribution in [2.45, 2.75) is 39.8 Å². The minimum atomic E-state index is -4.47. The lowest BCUT2D eigenvalue weighted by Gasteiger charge is -2.15. The first-order valence-corrected chi connectivity index (χ1v) is 5.87. The van der Waals surface area contributed by atoms with Gasteiger partial charge in [0.25, 0.3) is 5.69 Å². The van der Waals surface area contributed by atoms with Gasteiger partial charge in [-0.05, 0) is 12.8 Å². The quantitative estimate of drug-likeness (QED) is 0.568. The van der Waals surface area contributed by atoms with Gasteiger partial charge in [0.2, 0.25) is 0 Å². The van der Waals surface area contributed by atoms with Gasteiger partial charge in [0.15, 0.2) is 0 Å². The number of benzene rings is 1. The molecule has 0 aromatic heterocycles. The van der Waals surface area contributed by atoms with Gasteiger partial charge in [-0.3, -0.25) is 10.1 Å². The number of para-hydroxylation sites is 1. The lowest BCUT2D eigenvalue weighted by Crippen LogP contribution is -2.18. The fourth-order valence-electron chi connectivity index (χ4n) is 1.20. The summed E-state index contributed by atoms with van der Waals surface area (Å²) in [6.45, 7) is 7.41. The highest BCUT2D eigenvalue weighted by Gasteiger charge is 2.40. The van der Waals surface area contributed by atoms with Crippen LogP contribution in [0.3, 0.4) is 0 Å². The molecule has 0 radical (unpaired) electrons. The molecular weight excluding hydrogens is 259 g/mol. The highest BCUT2D eigenvalue weighted by atomic mass is 19.4. The first-order valence-electron chi connectivity index (χ1n) is 5.87. The fraction of sp³-hybridized carbons (Fsp3) is 0.538. The first-order chi connectivity index (χ1) is 8.57. The van der Waals surface area contributed by atoms with Crippen molar-refractivity contribution < 1.29 is 18.1 Å². The number of nitro benzene ring substituents is 1. The highest BCUT2D eigenvalue weighted by Crippen LogP contribution is 2.38. The van der Waals surface area contributed by atoms with E-state index in [-0.39, 0.29) is 5.56 Å². The zero-order valence-electron chi connectivity index (χ0n) is 11.4. The molecule has 0 fully saturated rings. The van der Waals surface area contributed by atoms with Crippen LogP contribution in [0.25, 0.3) is 0 Å². The van der Waals surface area contributed by atoms with Gasteiger partial charge in [0.05, 0.1) is 10.8 Å². The molecular formula is C13H18F3NO2. The van der Waals surface area contributed by atoms with Crippen LogP contribution in [-0.2, 0) is 0 Å². The molecule has 6 heteroatoms. The van der Waals surface area contributed by atoms with E-state index in [0.717, 1.165) is 25.0 Å². The number of hydrogen-bond acceptors (Lipinski definition) is 2. The van der Waals surface area contributed by atoms with E-state index in [1.807, 2.05) is 0 Å². The molecule has 0 saturated carbocycles. The van der Waals surface area contributed by atoms with Crippen molar-refractivity contribution in [2.75, 3.05) is 0 Å². The maximum absolute atomic E-state index is 12.4. The average Bonchev–Trinajstić information content (AvgIpc) is 2.26. The summed E-state index contributed by atoms with van der Waals surface area (Å²) >= 11 is 0. The number of rotatable bonds is 2. The zero-order chi connectivity index (χ0) is 15.2. The number of nitro groups is 1. The Kier molecular flexibility index (Phi) is 6.52.